The van der Waals surface area contributed by atoms with Crippen molar-refractivity contribution in [1.29, 1.82) is 0 Å². The quantitative estimate of drug-likeness (QED) is 0.549. The maximum Gasteiger partial charge on any atom is 0.255 e. The van der Waals surface area contributed by atoms with Crippen molar-refractivity contribution in [3.63, 3.8) is 0 Å². The van der Waals surface area contributed by atoms with Gasteiger partial charge in [0.2, 0.25) is 0 Å². The van der Waals surface area contributed by atoms with E-state index in [0.717, 1.165) is 29.8 Å². The molecule has 3 aromatic carbocycles. The van der Waals surface area contributed by atoms with Crippen molar-refractivity contribution in [2.45, 2.75) is 19.9 Å². The standard InChI is InChI=1S/C22H19F3N2O/c1-2-15-7-3-4-9-18(15)26-13-14-6-5-8-16(12-14)22(28)27-19-11-10-17(23)20(24)21(19)25/h3-12,26H,2,13H2,1H3,(H,27,28). The summed E-state index contributed by atoms with van der Waals surface area (Å²) in [5, 5.41) is 5.61. The van der Waals surface area contributed by atoms with Gasteiger partial charge in [-0.2, -0.15) is 0 Å². The zero-order valence-corrected chi connectivity index (χ0v) is 15.2. The molecule has 0 bridgehead atoms. The highest BCUT2D eigenvalue weighted by atomic mass is 19.2. The zero-order valence-electron chi connectivity index (χ0n) is 15.2. The van der Waals surface area contributed by atoms with E-state index in [1.807, 2.05) is 30.3 Å². The van der Waals surface area contributed by atoms with Crippen LogP contribution in [-0.2, 0) is 13.0 Å². The number of amides is 1. The Bertz CT molecular complexity index is 1000. The topological polar surface area (TPSA) is 41.1 Å². The summed E-state index contributed by atoms with van der Waals surface area (Å²) >= 11 is 0. The van der Waals surface area contributed by atoms with E-state index in [9.17, 15) is 18.0 Å². The van der Waals surface area contributed by atoms with Crippen molar-refractivity contribution in [1.82, 2.24) is 0 Å². The number of rotatable bonds is 6. The van der Waals surface area contributed by atoms with Crippen molar-refractivity contribution in [3.8, 4) is 0 Å². The van der Waals surface area contributed by atoms with Crippen LogP contribution in [0.5, 0.6) is 0 Å². The molecular weight excluding hydrogens is 365 g/mol. The number of anilines is 2. The molecule has 0 saturated heterocycles. The lowest BCUT2D eigenvalue weighted by molar-refractivity contribution is 0.102. The summed E-state index contributed by atoms with van der Waals surface area (Å²) in [5.74, 6) is -4.97. The monoisotopic (exact) mass is 384 g/mol. The lowest BCUT2D eigenvalue weighted by atomic mass is 10.1. The van der Waals surface area contributed by atoms with E-state index in [4.69, 9.17) is 0 Å². The SMILES string of the molecule is CCc1ccccc1NCc1cccc(C(=O)Nc2ccc(F)c(F)c2F)c1. The Labute approximate surface area is 161 Å². The highest BCUT2D eigenvalue weighted by Gasteiger charge is 2.16. The molecule has 0 heterocycles. The van der Waals surface area contributed by atoms with Crippen LogP contribution in [0.4, 0.5) is 24.5 Å². The maximum atomic E-state index is 13.8. The average molecular weight is 384 g/mol. The fraction of sp³-hybridized carbons (Fsp3) is 0.136. The van der Waals surface area contributed by atoms with Gasteiger partial charge >= 0.3 is 0 Å². The molecular formula is C22H19F3N2O. The number of carbonyl (C=O) groups is 1. The molecule has 0 fully saturated rings. The molecule has 0 unspecified atom stereocenters. The third-order valence-corrected chi connectivity index (χ3v) is 4.35. The molecule has 1 amide bonds. The molecule has 2 N–H and O–H groups in total. The van der Waals surface area contributed by atoms with Crippen LogP contribution < -0.4 is 10.6 Å². The van der Waals surface area contributed by atoms with Crippen molar-refractivity contribution in [2.75, 3.05) is 10.6 Å². The van der Waals surface area contributed by atoms with E-state index in [1.165, 1.54) is 5.56 Å². The van der Waals surface area contributed by atoms with Gasteiger partial charge in [-0.3, -0.25) is 4.79 Å². The van der Waals surface area contributed by atoms with Crippen molar-refractivity contribution in [2.24, 2.45) is 0 Å². The smallest absolute Gasteiger partial charge is 0.255 e. The molecule has 0 spiro atoms. The van der Waals surface area contributed by atoms with Crippen LogP contribution in [-0.4, -0.2) is 5.91 Å². The van der Waals surface area contributed by atoms with Gasteiger partial charge in [-0.1, -0.05) is 37.3 Å². The Balaban J connectivity index is 1.72. The number of halogens is 3. The predicted molar refractivity (Wildman–Crippen MR) is 104 cm³/mol. The van der Waals surface area contributed by atoms with Crippen LogP contribution in [0.25, 0.3) is 0 Å². The lowest BCUT2D eigenvalue weighted by Gasteiger charge is -2.12. The number of hydrogen-bond acceptors (Lipinski definition) is 2. The highest BCUT2D eigenvalue weighted by molar-refractivity contribution is 6.04. The van der Waals surface area contributed by atoms with Crippen LogP contribution in [0.2, 0.25) is 0 Å². The molecule has 3 rings (SSSR count). The van der Waals surface area contributed by atoms with Gasteiger partial charge < -0.3 is 10.6 Å². The first kappa shape index (κ1) is 19.5. The Morgan fingerprint density at radius 2 is 1.68 bits per heavy atom. The highest BCUT2D eigenvalue weighted by Crippen LogP contribution is 2.21. The molecule has 0 aromatic heterocycles. The number of carbonyl (C=O) groups excluding carboxylic acids is 1. The summed E-state index contributed by atoms with van der Waals surface area (Å²) in [6.45, 7) is 2.57. The Hall–Kier alpha value is -3.28. The van der Waals surface area contributed by atoms with Crippen LogP contribution in [0, 0.1) is 17.5 Å². The minimum atomic E-state index is -1.62. The first-order valence-electron chi connectivity index (χ1n) is 8.85. The predicted octanol–water partition coefficient (Wildman–Crippen LogP) is 5.53. The van der Waals surface area contributed by atoms with E-state index in [0.29, 0.717) is 6.54 Å². The fourth-order valence-electron chi connectivity index (χ4n) is 2.84. The Morgan fingerprint density at radius 1 is 0.893 bits per heavy atom. The molecule has 28 heavy (non-hydrogen) atoms. The largest absolute Gasteiger partial charge is 0.381 e. The second-order valence-corrected chi connectivity index (χ2v) is 6.24. The fourth-order valence-corrected chi connectivity index (χ4v) is 2.84. The normalized spacial score (nSPS) is 10.6. The number of para-hydroxylation sites is 1. The van der Waals surface area contributed by atoms with Crippen LogP contribution in [0.1, 0.15) is 28.4 Å². The molecule has 144 valence electrons. The van der Waals surface area contributed by atoms with Gasteiger partial charge in [0, 0.05) is 17.8 Å². The number of aryl methyl sites for hydroxylation is 1. The summed E-state index contributed by atoms with van der Waals surface area (Å²) in [6, 6.07) is 16.5. The third-order valence-electron chi connectivity index (χ3n) is 4.35. The van der Waals surface area contributed by atoms with Crippen molar-refractivity contribution in [3.05, 3.63) is 94.8 Å². The van der Waals surface area contributed by atoms with Gasteiger partial charge in [0.25, 0.3) is 5.91 Å². The van der Waals surface area contributed by atoms with Gasteiger partial charge in [0.15, 0.2) is 17.5 Å². The lowest BCUT2D eigenvalue weighted by Crippen LogP contribution is -2.14. The summed E-state index contributed by atoms with van der Waals surface area (Å²) in [4.78, 5) is 12.4. The van der Waals surface area contributed by atoms with Crippen LogP contribution in [0.3, 0.4) is 0 Å². The zero-order chi connectivity index (χ0) is 20.1. The first-order valence-corrected chi connectivity index (χ1v) is 8.85. The summed E-state index contributed by atoms with van der Waals surface area (Å²) in [5.41, 5.74) is 2.93. The van der Waals surface area contributed by atoms with E-state index in [2.05, 4.69) is 17.6 Å². The number of benzene rings is 3. The van der Waals surface area contributed by atoms with Gasteiger partial charge in [-0.15, -0.1) is 0 Å². The molecule has 3 nitrogen and oxygen atoms in total. The van der Waals surface area contributed by atoms with Crippen LogP contribution in [0.15, 0.2) is 60.7 Å². The average Bonchev–Trinajstić information content (AvgIpc) is 2.73. The molecule has 0 aliphatic heterocycles. The summed E-state index contributed by atoms with van der Waals surface area (Å²) in [7, 11) is 0. The van der Waals surface area contributed by atoms with Gasteiger partial charge in [-0.05, 0) is 47.9 Å². The van der Waals surface area contributed by atoms with Crippen LogP contribution >= 0.6 is 0 Å². The Kier molecular flexibility index (Phi) is 5.99. The van der Waals surface area contributed by atoms with Crippen molar-refractivity contribution >= 4 is 17.3 Å². The second-order valence-electron chi connectivity index (χ2n) is 6.24. The van der Waals surface area contributed by atoms with Gasteiger partial charge in [0.1, 0.15) is 0 Å². The molecule has 3 aromatic rings. The summed E-state index contributed by atoms with van der Waals surface area (Å²) < 4.78 is 40.1. The molecule has 0 aliphatic carbocycles. The van der Waals surface area contributed by atoms with E-state index >= 15 is 0 Å². The maximum absolute atomic E-state index is 13.8. The Morgan fingerprint density at radius 3 is 2.46 bits per heavy atom. The molecule has 0 aliphatic rings. The third kappa shape index (κ3) is 4.34. The number of nitrogens with one attached hydrogen (secondary N) is 2. The first-order chi connectivity index (χ1) is 13.5. The molecule has 6 heteroatoms. The van der Waals surface area contributed by atoms with Gasteiger partial charge in [-0.25, -0.2) is 13.2 Å². The van der Waals surface area contributed by atoms with E-state index in [1.54, 1.807) is 18.2 Å². The molecule has 0 atom stereocenters. The number of hydrogen-bond donors (Lipinski definition) is 2. The molecule has 0 radical (unpaired) electrons. The minimum absolute atomic E-state index is 0.284. The van der Waals surface area contributed by atoms with Crippen molar-refractivity contribution < 1.29 is 18.0 Å². The minimum Gasteiger partial charge on any atom is -0.381 e. The van der Waals surface area contributed by atoms with E-state index < -0.39 is 29.0 Å². The van der Waals surface area contributed by atoms with E-state index in [-0.39, 0.29) is 5.56 Å². The summed E-state index contributed by atoms with van der Waals surface area (Å²) in [6.07, 6.45) is 0.894. The second kappa shape index (κ2) is 8.61. The van der Waals surface area contributed by atoms with Gasteiger partial charge in [0.05, 0.1) is 5.69 Å². The molecule has 0 saturated carbocycles.